The number of hydrogen-bond donors (Lipinski definition) is 1. The zero-order valence-corrected chi connectivity index (χ0v) is 39.2. The molecule has 1 radical (unpaired) electrons. The smallest absolute Gasteiger partial charge is 0.465 e. The fourth-order valence-corrected chi connectivity index (χ4v) is 15.0. The molecular formula is C29H10BBr8F2N2O2S4. The molecule has 1 aliphatic heterocycles. The molecule has 0 atom stereocenters. The zero-order valence-electron chi connectivity index (χ0n) is 23.2. The summed E-state index contributed by atoms with van der Waals surface area (Å²) in [6.07, 6.45) is 0. The number of carbonyl (C=O) groups is 1. The highest BCUT2D eigenvalue weighted by molar-refractivity contribution is 9.15. The van der Waals surface area contributed by atoms with E-state index in [9.17, 15) is 13.4 Å². The van der Waals surface area contributed by atoms with Crippen molar-refractivity contribution in [2.45, 2.75) is 0 Å². The van der Waals surface area contributed by atoms with Gasteiger partial charge in [0.2, 0.25) is 0 Å². The summed E-state index contributed by atoms with van der Waals surface area (Å²) in [5.74, 6) is -0.381. The maximum atomic E-state index is 12.2. The Hall–Kier alpha value is 0.205. The van der Waals surface area contributed by atoms with E-state index in [2.05, 4.69) is 145 Å². The maximum Gasteiger partial charge on any atom is 0.577 e. The number of thiophene rings is 4. The molecule has 6 aromatic rings. The Bertz CT molecular complexity index is 2410. The van der Waals surface area contributed by atoms with Gasteiger partial charge in [-0.2, -0.15) is 0 Å². The number of nitrogens with zero attached hydrogens (tertiary/aromatic N) is 1. The summed E-state index contributed by atoms with van der Waals surface area (Å²) in [5, 5.41) is 0.901. The van der Waals surface area contributed by atoms with Gasteiger partial charge in [0.15, 0.2) is 0 Å². The number of halogens is 10. The molecule has 7 rings (SSSR count). The predicted octanol–water partition coefficient (Wildman–Crippen LogP) is 13.9. The number of benzene rings is 1. The lowest BCUT2D eigenvalue weighted by molar-refractivity contribution is 0.0600. The van der Waals surface area contributed by atoms with E-state index in [1.54, 1.807) is 57.5 Å². The molecule has 48 heavy (non-hydrogen) atoms. The quantitative estimate of drug-likeness (QED) is 0.138. The van der Waals surface area contributed by atoms with Crippen molar-refractivity contribution in [3.8, 4) is 19.5 Å². The Labute approximate surface area is 355 Å². The number of allylic oxidation sites excluding steroid dienone is 1. The molecule has 0 fully saturated rings. The summed E-state index contributed by atoms with van der Waals surface area (Å²) >= 11 is 36.6. The number of methoxy groups -OCH3 is 1. The van der Waals surface area contributed by atoms with Crippen LogP contribution in [-0.4, -0.2) is 25.9 Å². The summed E-state index contributed by atoms with van der Waals surface area (Å²) in [4.78, 5) is 25.6. The van der Waals surface area contributed by atoms with Gasteiger partial charge in [0.25, 0.3) is 0 Å². The molecule has 0 unspecified atom stereocenters. The van der Waals surface area contributed by atoms with Crippen molar-refractivity contribution in [2.75, 3.05) is 7.11 Å². The fourth-order valence-electron chi connectivity index (χ4n) is 4.75. The van der Waals surface area contributed by atoms with Gasteiger partial charge in [0, 0.05) is 15.3 Å². The molecule has 1 aliphatic rings. The van der Waals surface area contributed by atoms with Gasteiger partial charge < -0.3 is 9.72 Å². The van der Waals surface area contributed by atoms with E-state index in [-0.39, 0.29) is 5.97 Å². The number of hydrogen-bond acceptors (Lipinski definition) is 7. The van der Waals surface area contributed by atoms with E-state index in [0.717, 1.165) is 96.6 Å². The Morgan fingerprint density at radius 3 is 1.79 bits per heavy atom. The molecule has 245 valence electrons. The van der Waals surface area contributed by atoms with Crippen molar-refractivity contribution >= 4 is 207 Å². The fraction of sp³-hybridized carbons (Fsp3) is 0.0345. The molecule has 1 N–H and O–H groups in total. The van der Waals surface area contributed by atoms with E-state index >= 15 is 0 Å². The Morgan fingerprint density at radius 1 is 0.771 bits per heavy atom. The molecule has 0 saturated carbocycles. The van der Waals surface area contributed by atoms with Gasteiger partial charge in [0.05, 0.1) is 88.3 Å². The molecule has 0 bridgehead atoms. The molecule has 0 spiro atoms. The first-order chi connectivity index (χ1) is 22.9. The average Bonchev–Trinajstić information content (AvgIpc) is 3.90. The van der Waals surface area contributed by atoms with Crippen molar-refractivity contribution in [1.29, 1.82) is 0 Å². The van der Waals surface area contributed by atoms with Gasteiger partial charge in [-0.3, -0.25) is 8.63 Å². The second-order valence-corrected chi connectivity index (χ2v) is 21.0. The molecule has 5 aromatic heterocycles. The summed E-state index contributed by atoms with van der Waals surface area (Å²) in [6, 6.07) is 11.7. The number of carbonyl (C=O) groups excluding carboxylic acids is 1. The van der Waals surface area contributed by atoms with Crippen LogP contribution in [0.5, 0.6) is 0 Å². The second kappa shape index (κ2) is 15.7. The van der Waals surface area contributed by atoms with E-state index in [4.69, 9.17) is 9.73 Å². The molecule has 19 heteroatoms. The number of aromatic amines is 1. The first kappa shape index (κ1) is 37.9. The van der Waals surface area contributed by atoms with Crippen molar-refractivity contribution in [3.63, 3.8) is 0 Å². The maximum absolute atomic E-state index is 12.2. The van der Waals surface area contributed by atoms with Gasteiger partial charge >= 0.3 is 13.8 Å². The van der Waals surface area contributed by atoms with E-state index < -0.39 is 7.83 Å². The number of ether oxygens (including phenoxy) is 1. The van der Waals surface area contributed by atoms with Gasteiger partial charge in [-0.25, -0.2) is 9.79 Å². The van der Waals surface area contributed by atoms with Crippen LogP contribution < -0.4 is 9.89 Å². The van der Waals surface area contributed by atoms with Gasteiger partial charge in [0.1, 0.15) is 0 Å². The van der Waals surface area contributed by atoms with Crippen LogP contribution >= 0.6 is 173 Å². The van der Waals surface area contributed by atoms with Crippen LogP contribution in [0.15, 0.2) is 77.0 Å². The summed E-state index contributed by atoms with van der Waals surface area (Å²) < 4.78 is 34.1. The van der Waals surface area contributed by atoms with Crippen molar-refractivity contribution < 1.29 is 18.2 Å². The lowest BCUT2D eigenvalue weighted by Gasteiger charge is -2.12. The van der Waals surface area contributed by atoms with E-state index in [0.29, 0.717) is 5.56 Å². The van der Waals surface area contributed by atoms with Crippen molar-refractivity contribution in [2.24, 2.45) is 4.99 Å². The highest BCUT2D eigenvalue weighted by Crippen LogP contribution is 2.51. The Morgan fingerprint density at radius 2 is 1.31 bits per heavy atom. The van der Waals surface area contributed by atoms with Crippen LogP contribution in [0.2, 0.25) is 0 Å². The standard InChI is InChI=1S/C29H10Br8N2O2S4.BF2/c1-41-29(40)9-4-2-8(3-5-9)14(21-19(34)23-10(38-21)6-12(42-23)25-15(30)17(32)27(36)44-25)22-20(35)24-11(39-22)7-13(43-24)26-16(31)18(33)28(37)45-26;2-1-3/h2-7,38H,1H3;/b22-14-;. The monoisotopic (exact) mass is 1230 g/mol. The zero-order chi connectivity index (χ0) is 34.6. The van der Waals surface area contributed by atoms with Crippen LogP contribution in [0.4, 0.5) is 8.63 Å². The first-order valence-corrected chi connectivity index (χ1v) is 22.4. The Kier molecular flexibility index (Phi) is 12.4. The third kappa shape index (κ3) is 6.99. The number of nitrogens with one attached hydrogen (secondary N) is 1. The molecule has 1 aromatic carbocycles. The third-order valence-corrected chi connectivity index (χ3v) is 21.6. The van der Waals surface area contributed by atoms with Crippen LogP contribution in [0, 0.1) is 0 Å². The van der Waals surface area contributed by atoms with Crippen LogP contribution in [-0.2, 0) is 4.74 Å². The molecule has 6 heterocycles. The lowest BCUT2D eigenvalue weighted by atomic mass is 9.99. The van der Waals surface area contributed by atoms with E-state index in [1.165, 1.54) is 7.11 Å². The van der Waals surface area contributed by atoms with Crippen LogP contribution in [0.3, 0.4) is 0 Å². The lowest BCUT2D eigenvalue weighted by Crippen LogP contribution is -2.13. The van der Waals surface area contributed by atoms with Crippen LogP contribution in [0.1, 0.15) is 21.6 Å². The number of esters is 1. The average molecular weight is 1230 g/mol. The summed E-state index contributed by atoms with van der Waals surface area (Å²) in [5.41, 5.74) is 5.02. The topological polar surface area (TPSA) is 54.4 Å². The highest BCUT2D eigenvalue weighted by Gasteiger charge is 2.27. The molecular weight excluding hydrogens is 1220 g/mol. The normalized spacial score (nSPS) is 13.4. The highest BCUT2D eigenvalue weighted by atomic mass is 79.9. The molecule has 0 amide bonds. The molecule has 0 saturated heterocycles. The summed E-state index contributed by atoms with van der Waals surface area (Å²) in [7, 11) is 0.384. The number of rotatable bonds is 5. The van der Waals surface area contributed by atoms with Gasteiger partial charge in [-0.15, -0.1) is 45.3 Å². The minimum atomic E-state index is -1.00. The third-order valence-electron chi connectivity index (χ3n) is 6.80. The van der Waals surface area contributed by atoms with Crippen molar-refractivity contribution in [1.82, 2.24) is 4.98 Å². The molecule has 4 nitrogen and oxygen atoms in total. The minimum absolute atomic E-state index is 0.381. The SMILES string of the molecule is COC(=O)c1ccc(/C(=C2/N=c3cc(-c4sc(Br)c(Br)c4Br)sc3=C2Br)c2[nH]c3cc(-c4sc(Br)c(Br)c4Br)sc3c2Br)cc1.F[B]F. The van der Waals surface area contributed by atoms with E-state index in [1.807, 2.05) is 12.1 Å². The number of H-pyrrole nitrogens is 1. The second-order valence-electron chi connectivity index (χ2n) is 9.46. The summed E-state index contributed by atoms with van der Waals surface area (Å²) in [6.45, 7) is 0. The van der Waals surface area contributed by atoms with Gasteiger partial charge in [-0.05, 0) is 157 Å². The Balaban J connectivity index is 0.00000129. The van der Waals surface area contributed by atoms with Gasteiger partial charge in [-0.1, -0.05) is 12.1 Å². The van der Waals surface area contributed by atoms with Crippen LogP contribution in [0.25, 0.3) is 39.8 Å². The number of aromatic nitrogens is 1. The number of fused-ring (bicyclic) bond motifs is 2. The largest absolute Gasteiger partial charge is 0.577 e. The predicted molar refractivity (Wildman–Crippen MR) is 226 cm³/mol. The first-order valence-electron chi connectivity index (χ1n) is 12.8. The minimum Gasteiger partial charge on any atom is -0.465 e. The molecule has 0 aliphatic carbocycles. The van der Waals surface area contributed by atoms with Crippen molar-refractivity contribution in [3.05, 3.63) is 98.7 Å².